The fourth-order valence-electron chi connectivity index (χ4n) is 2.58. The van der Waals surface area contributed by atoms with Crippen molar-refractivity contribution in [3.8, 4) is 5.75 Å². The van der Waals surface area contributed by atoms with Crippen molar-refractivity contribution in [2.24, 2.45) is 0 Å². The van der Waals surface area contributed by atoms with Gasteiger partial charge in [-0.2, -0.15) is 13.2 Å². The summed E-state index contributed by atoms with van der Waals surface area (Å²) in [7, 11) is 1.60. The molecule has 0 spiro atoms. The van der Waals surface area contributed by atoms with Gasteiger partial charge in [-0.15, -0.1) is 0 Å². The number of urea groups is 1. The second-order valence-electron chi connectivity index (χ2n) is 6.61. The van der Waals surface area contributed by atoms with Crippen molar-refractivity contribution in [2.75, 3.05) is 7.05 Å². The van der Waals surface area contributed by atoms with Gasteiger partial charge in [0, 0.05) is 19.6 Å². The Bertz CT molecular complexity index is 743. The minimum atomic E-state index is -4.37. The number of alkyl halides is 3. The predicted octanol–water partition coefficient (Wildman–Crippen LogP) is 4.57. The van der Waals surface area contributed by atoms with Crippen LogP contribution in [0.1, 0.15) is 30.0 Å². The van der Waals surface area contributed by atoms with Crippen molar-refractivity contribution in [1.29, 1.82) is 0 Å². The third-order valence-electron chi connectivity index (χ3n) is 4.22. The number of nitrogens with zero attached hydrogens (tertiary/aromatic N) is 1. The molecule has 7 heteroatoms. The number of aromatic hydroxyl groups is 1. The number of phenols is 1. The van der Waals surface area contributed by atoms with Gasteiger partial charge in [0.15, 0.2) is 0 Å². The van der Waals surface area contributed by atoms with E-state index in [-0.39, 0.29) is 24.4 Å². The van der Waals surface area contributed by atoms with Gasteiger partial charge in [0.25, 0.3) is 0 Å². The number of benzene rings is 2. The quantitative estimate of drug-likeness (QED) is 0.771. The molecule has 0 aromatic heterocycles. The van der Waals surface area contributed by atoms with Crippen molar-refractivity contribution < 1.29 is 23.1 Å². The van der Waals surface area contributed by atoms with Gasteiger partial charge in [0.1, 0.15) is 5.75 Å². The molecule has 0 radical (unpaired) electrons. The monoisotopic (exact) mass is 380 g/mol. The van der Waals surface area contributed by atoms with E-state index in [4.69, 9.17) is 0 Å². The number of hydrogen-bond donors (Lipinski definition) is 2. The van der Waals surface area contributed by atoms with Crippen LogP contribution in [0.5, 0.6) is 5.75 Å². The lowest BCUT2D eigenvalue weighted by Crippen LogP contribution is -2.41. The predicted molar refractivity (Wildman–Crippen MR) is 97.3 cm³/mol. The van der Waals surface area contributed by atoms with E-state index in [0.717, 1.165) is 30.5 Å². The summed E-state index contributed by atoms with van der Waals surface area (Å²) in [6.45, 7) is 2.11. The average molecular weight is 380 g/mol. The van der Waals surface area contributed by atoms with Crippen LogP contribution in [-0.4, -0.2) is 29.1 Å². The molecule has 0 bridgehead atoms. The van der Waals surface area contributed by atoms with Gasteiger partial charge in [-0.3, -0.25) is 0 Å². The van der Waals surface area contributed by atoms with Gasteiger partial charge in [-0.05, 0) is 55.2 Å². The molecular weight excluding hydrogens is 357 g/mol. The lowest BCUT2D eigenvalue weighted by atomic mass is 10.1. The number of amides is 2. The highest BCUT2D eigenvalue weighted by Crippen LogP contribution is 2.29. The molecule has 0 aliphatic carbocycles. The van der Waals surface area contributed by atoms with E-state index < -0.39 is 11.7 Å². The summed E-state index contributed by atoms with van der Waals surface area (Å²) in [6, 6.07) is 11.3. The Morgan fingerprint density at radius 1 is 1.07 bits per heavy atom. The number of hydrogen-bond acceptors (Lipinski definition) is 2. The Morgan fingerprint density at radius 2 is 1.63 bits per heavy atom. The molecule has 2 amide bonds. The smallest absolute Gasteiger partial charge is 0.416 e. The normalized spacial score (nSPS) is 12.5. The molecule has 2 aromatic rings. The molecular formula is C20H23F3N2O2. The Labute approximate surface area is 156 Å². The fourth-order valence-corrected chi connectivity index (χ4v) is 2.58. The molecule has 1 unspecified atom stereocenters. The van der Waals surface area contributed by atoms with Crippen LogP contribution >= 0.6 is 0 Å². The molecule has 0 fully saturated rings. The van der Waals surface area contributed by atoms with Gasteiger partial charge in [0.2, 0.25) is 0 Å². The third-order valence-corrected chi connectivity index (χ3v) is 4.22. The third kappa shape index (κ3) is 6.51. The molecule has 0 saturated heterocycles. The molecule has 0 aliphatic heterocycles. The highest BCUT2D eigenvalue weighted by atomic mass is 19.4. The van der Waals surface area contributed by atoms with Gasteiger partial charge < -0.3 is 15.3 Å². The summed E-state index contributed by atoms with van der Waals surface area (Å²) in [4.78, 5) is 13.7. The van der Waals surface area contributed by atoms with Crippen LogP contribution in [0.4, 0.5) is 18.0 Å². The maximum atomic E-state index is 12.6. The Morgan fingerprint density at radius 3 is 2.19 bits per heavy atom. The summed E-state index contributed by atoms with van der Waals surface area (Å²) in [5.74, 6) is 0.213. The average Bonchev–Trinajstić information content (AvgIpc) is 2.61. The molecule has 146 valence electrons. The molecule has 0 heterocycles. The van der Waals surface area contributed by atoms with E-state index >= 15 is 0 Å². The summed E-state index contributed by atoms with van der Waals surface area (Å²) < 4.78 is 37.7. The van der Waals surface area contributed by atoms with Crippen molar-refractivity contribution in [3.63, 3.8) is 0 Å². The maximum Gasteiger partial charge on any atom is 0.416 e. The summed E-state index contributed by atoms with van der Waals surface area (Å²) in [5.41, 5.74) is 0.977. The lowest BCUT2D eigenvalue weighted by molar-refractivity contribution is -0.137. The minimum absolute atomic E-state index is 0.0682. The van der Waals surface area contributed by atoms with E-state index in [1.165, 1.54) is 17.0 Å². The summed E-state index contributed by atoms with van der Waals surface area (Å²) in [5, 5.41) is 12.1. The first-order chi connectivity index (χ1) is 12.6. The first-order valence-electron chi connectivity index (χ1n) is 8.61. The molecule has 1 atom stereocenters. The lowest BCUT2D eigenvalue weighted by Gasteiger charge is -2.21. The van der Waals surface area contributed by atoms with Crippen molar-refractivity contribution in [3.05, 3.63) is 65.2 Å². The SMILES string of the molecule is CC(CCc1ccc(O)cc1)NC(=O)N(C)Cc1ccc(C(F)(F)F)cc1. The Hall–Kier alpha value is -2.70. The van der Waals surface area contributed by atoms with Crippen LogP contribution in [0.2, 0.25) is 0 Å². The number of rotatable bonds is 6. The van der Waals surface area contributed by atoms with E-state index in [1.54, 1.807) is 19.2 Å². The highest BCUT2D eigenvalue weighted by Gasteiger charge is 2.30. The van der Waals surface area contributed by atoms with E-state index in [9.17, 15) is 23.1 Å². The zero-order chi connectivity index (χ0) is 20.0. The van der Waals surface area contributed by atoms with Crippen LogP contribution in [0.25, 0.3) is 0 Å². The second-order valence-corrected chi connectivity index (χ2v) is 6.61. The van der Waals surface area contributed by atoms with Crippen LogP contribution in [0.3, 0.4) is 0 Å². The van der Waals surface area contributed by atoms with Crippen LogP contribution in [0.15, 0.2) is 48.5 Å². The number of halogens is 3. The fraction of sp³-hybridized carbons (Fsp3) is 0.350. The van der Waals surface area contributed by atoms with E-state index in [1.807, 2.05) is 19.1 Å². The van der Waals surface area contributed by atoms with Gasteiger partial charge in [0.05, 0.1) is 5.56 Å². The van der Waals surface area contributed by atoms with E-state index in [0.29, 0.717) is 5.56 Å². The van der Waals surface area contributed by atoms with Gasteiger partial charge in [-0.1, -0.05) is 24.3 Å². The van der Waals surface area contributed by atoms with Crippen molar-refractivity contribution in [2.45, 2.75) is 38.5 Å². The summed E-state index contributed by atoms with van der Waals surface area (Å²) in [6.07, 6.45) is -2.89. The van der Waals surface area contributed by atoms with Crippen LogP contribution in [0, 0.1) is 0 Å². The van der Waals surface area contributed by atoms with Crippen LogP contribution in [-0.2, 0) is 19.1 Å². The summed E-state index contributed by atoms with van der Waals surface area (Å²) >= 11 is 0. The topological polar surface area (TPSA) is 52.6 Å². The molecule has 0 aliphatic rings. The standard InChI is InChI=1S/C20H23F3N2O2/c1-14(3-4-15-7-11-18(26)12-8-15)24-19(27)25(2)13-16-5-9-17(10-6-16)20(21,22)23/h5-12,14,26H,3-4,13H2,1-2H3,(H,24,27). The Kier molecular flexibility index (Phi) is 6.71. The highest BCUT2D eigenvalue weighted by molar-refractivity contribution is 5.74. The zero-order valence-electron chi connectivity index (χ0n) is 15.3. The number of aryl methyl sites for hydroxylation is 1. The molecule has 2 aromatic carbocycles. The van der Waals surface area contributed by atoms with Crippen LogP contribution < -0.4 is 5.32 Å². The van der Waals surface area contributed by atoms with Crippen molar-refractivity contribution in [1.82, 2.24) is 10.2 Å². The van der Waals surface area contributed by atoms with E-state index in [2.05, 4.69) is 5.32 Å². The zero-order valence-corrected chi connectivity index (χ0v) is 15.3. The minimum Gasteiger partial charge on any atom is -0.508 e. The molecule has 4 nitrogen and oxygen atoms in total. The van der Waals surface area contributed by atoms with Crippen molar-refractivity contribution >= 4 is 6.03 Å². The Balaban J connectivity index is 1.81. The van der Waals surface area contributed by atoms with Gasteiger partial charge >= 0.3 is 12.2 Å². The number of nitrogens with one attached hydrogen (secondary N) is 1. The molecule has 2 N–H and O–H groups in total. The molecule has 27 heavy (non-hydrogen) atoms. The first-order valence-corrected chi connectivity index (χ1v) is 8.61. The second kappa shape index (κ2) is 8.79. The maximum absolute atomic E-state index is 12.6. The number of carbonyl (C=O) groups is 1. The molecule has 2 rings (SSSR count). The number of phenolic OH excluding ortho intramolecular Hbond substituents is 1. The largest absolute Gasteiger partial charge is 0.508 e. The molecule has 0 saturated carbocycles. The van der Waals surface area contributed by atoms with Gasteiger partial charge in [-0.25, -0.2) is 4.79 Å². The number of carbonyl (C=O) groups excluding carboxylic acids is 1. The first kappa shape index (κ1) is 20.6.